The van der Waals surface area contributed by atoms with Crippen molar-refractivity contribution in [2.75, 3.05) is 13.1 Å². The summed E-state index contributed by atoms with van der Waals surface area (Å²) in [7, 11) is 0. The Morgan fingerprint density at radius 1 is 1.50 bits per heavy atom. The molecule has 94 valence electrons. The number of piperidine rings is 1. The topological polar surface area (TPSA) is 42.7 Å². The highest BCUT2D eigenvalue weighted by molar-refractivity contribution is 5.85. The largest absolute Gasteiger partial charge is 0.317 e. The highest BCUT2D eigenvalue weighted by atomic mass is 35.5. The second-order valence-electron chi connectivity index (χ2n) is 3.93. The maximum absolute atomic E-state index is 4.23. The Labute approximate surface area is 109 Å². The molecule has 0 aromatic carbocycles. The van der Waals surface area contributed by atoms with Gasteiger partial charge in [0.15, 0.2) is 0 Å². The molecule has 6 heteroatoms. The van der Waals surface area contributed by atoms with Gasteiger partial charge in [0.25, 0.3) is 0 Å². The predicted octanol–water partition coefficient (Wildman–Crippen LogP) is 2.00. The van der Waals surface area contributed by atoms with E-state index in [1.165, 1.54) is 18.7 Å². The second kappa shape index (κ2) is 7.87. The summed E-state index contributed by atoms with van der Waals surface area (Å²) in [5.74, 6) is 1.73. The van der Waals surface area contributed by atoms with Gasteiger partial charge >= 0.3 is 0 Å². The van der Waals surface area contributed by atoms with Gasteiger partial charge in [0.05, 0.1) is 0 Å². The maximum atomic E-state index is 4.23. The van der Waals surface area contributed by atoms with Crippen molar-refractivity contribution in [1.29, 1.82) is 0 Å². The van der Waals surface area contributed by atoms with E-state index in [1.807, 2.05) is 6.33 Å². The lowest BCUT2D eigenvalue weighted by Gasteiger charge is -2.22. The fourth-order valence-corrected chi connectivity index (χ4v) is 2.07. The first kappa shape index (κ1) is 15.7. The highest BCUT2D eigenvalue weighted by Gasteiger charge is 2.19. The molecule has 1 aromatic rings. The minimum atomic E-state index is 0. The molecule has 0 spiro atoms. The van der Waals surface area contributed by atoms with Crippen molar-refractivity contribution in [3.05, 3.63) is 12.2 Å². The Morgan fingerprint density at radius 3 is 2.94 bits per heavy atom. The van der Waals surface area contributed by atoms with E-state index < -0.39 is 0 Å². The van der Waals surface area contributed by atoms with Gasteiger partial charge in [-0.25, -0.2) is 0 Å². The van der Waals surface area contributed by atoms with E-state index in [-0.39, 0.29) is 24.8 Å². The number of halogens is 2. The quantitative estimate of drug-likeness (QED) is 0.910. The van der Waals surface area contributed by atoms with E-state index in [4.69, 9.17) is 0 Å². The van der Waals surface area contributed by atoms with Crippen LogP contribution >= 0.6 is 24.8 Å². The van der Waals surface area contributed by atoms with Crippen LogP contribution in [-0.2, 0) is 6.54 Å². The summed E-state index contributed by atoms with van der Waals surface area (Å²) in [6.45, 7) is 5.43. The molecule has 1 atom stereocenters. The number of hydrogen-bond acceptors (Lipinski definition) is 3. The molecule has 1 aliphatic heterocycles. The first-order valence-corrected chi connectivity index (χ1v) is 5.50. The van der Waals surface area contributed by atoms with Crippen LogP contribution in [0.3, 0.4) is 0 Å². The summed E-state index contributed by atoms with van der Waals surface area (Å²) in [6.07, 6.45) is 5.50. The van der Waals surface area contributed by atoms with Gasteiger partial charge in [-0.3, -0.25) is 0 Å². The molecule has 2 rings (SSSR count). The van der Waals surface area contributed by atoms with E-state index in [0.717, 1.165) is 26.1 Å². The van der Waals surface area contributed by atoms with Crippen molar-refractivity contribution in [3.63, 3.8) is 0 Å². The van der Waals surface area contributed by atoms with Gasteiger partial charge in [0.2, 0.25) is 0 Å². The third-order valence-corrected chi connectivity index (χ3v) is 2.77. The molecule has 0 saturated carbocycles. The lowest BCUT2D eigenvalue weighted by Crippen LogP contribution is -2.30. The molecule has 1 fully saturated rings. The molecule has 1 aliphatic rings. The van der Waals surface area contributed by atoms with E-state index in [2.05, 4.69) is 27.0 Å². The molecular formula is C10H20Cl2N4. The Hall–Kier alpha value is -0.320. The van der Waals surface area contributed by atoms with Gasteiger partial charge < -0.3 is 9.88 Å². The Bertz CT molecular complexity index is 284. The third-order valence-electron chi connectivity index (χ3n) is 2.77. The Morgan fingerprint density at radius 2 is 2.31 bits per heavy atom. The minimum absolute atomic E-state index is 0. The van der Waals surface area contributed by atoms with E-state index >= 15 is 0 Å². The van der Waals surface area contributed by atoms with Crippen LogP contribution in [0.4, 0.5) is 0 Å². The molecule has 0 radical (unpaired) electrons. The predicted molar refractivity (Wildman–Crippen MR) is 69.7 cm³/mol. The summed E-state index contributed by atoms with van der Waals surface area (Å²) in [5, 5.41) is 11.6. The summed E-state index contributed by atoms with van der Waals surface area (Å²) in [5.41, 5.74) is 0. The summed E-state index contributed by atoms with van der Waals surface area (Å²) in [6, 6.07) is 0. The zero-order valence-corrected chi connectivity index (χ0v) is 11.2. The SMILES string of the molecule is CCCn1cnnc1C1CCCNC1.Cl.Cl. The van der Waals surface area contributed by atoms with Gasteiger partial charge in [-0.15, -0.1) is 35.0 Å². The number of aryl methyl sites for hydroxylation is 1. The number of hydrogen-bond donors (Lipinski definition) is 1. The molecule has 0 bridgehead atoms. The number of aromatic nitrogens is 3. The van der Waals surface area contributed by atoms with Crippen LogP contribution in [0.15, 0.2) is 6.33 Å². The molecule has 1 saturated heterocycles. The highest BCUT2D eigenvalue weighted by Crippen LogP contribution is 2.20. The van der Waals surface area contributed by atoms with Crippen LogP contribution in [0.5, 0.6) is 0 Å². The van der Waals surface area contributed by atoms with Gasteiger partial charge in [0.1, 0.15) is 12.2 Å². The van der Waals surface area contributed by atoms with Crippen LogP contribution in [0, 0.1) is 0 Å². The normalized spacial score (nSPS) is 19.7. The molecular weight excluding hydrogens is 247 g/mol. The summed E-state index contributed by atoms with van der Waals surface area (Å²) < 4.78 is 2.19. The summed E-state index contributed by atoms with van der Waals surface area (Å²) >= 11 is 0. The molecule has 1 aromatic heterocycles. The standard InChI is InChI=1S/C10H18N4.2ClH/c1-2-6-14-8-12-13-10(14)9-4-3-5-11-7-9;;/h8-9,11H,2-7H2,1H3;2*1H. The average molecular weight is 267 g/mol. The lowest BCUT2D eigenvalue weighted by atomic mass is 9.99. The molecule has 1 N–H and O–H groups in total. The van der Waals surface area contributed by atoms with Crippen LogP contribution in [0.25, 0.3) is 0 Å². The zero-order chi connectivity index (χ0) is 9.80. The van der Waals surface area contributed by atoms with Crippen LogP contribution in [0.1, 0.15) is 37.9 Å². The molecule has 1 unspecified atom stereocenters. The fourth-order valence-electron chi connectivity index (χ4n) is 2.07. The average Bonchev–Trinajstić information content (AvgIpc) is 2.68. The van der Waals surface area contributed by atoms with Crippen LogP contribution < -0.4 is 5.32 Å². The number of nitrogens with one attached hydrogen (secondary N) is 1. The van der Waals surface area contributed by atoms with Crippen molar-refractivity contribution in [2.45, 2.75) is 38.6 Å². The number of rotatable bonds is 3. The van der Waals surface area contributed by atoms with Crippen molar-refractivity contribution < 1.29 is 0 Å². The van der Waals surface area contributed by atoms with Gasteiger partial charge in [-0.05, 0) is 25.8 Å². The monoisotopic (exact) mass is 266 g/mol. The fraction of sp³-hybridized carbons (Fsp3) is 0.800. The molecule has 0 amide bonds. The van der Waals surface area contributed by atoms with Crippen molar-refractivity contribution >= 4 is 24.8 Å². The Kier molecular flexibility index (Phi) is 7.72. The van der Waals surface area contributed by atoms with Gasteiger partial charge in [-0.2, -0.15) is 0 Å². The van der Waals surface area contributed by atoms with Crippen molar-refractivity contribution in [3.8, 4) is 0 Å². The van der Waals surface area contributed by atoms with Crippen molar-refractivity contribution in [2.24, 2.45) is 0 Å². The van der Waals surface area contributed by atoms with Gasteiger partial charge in [0, 0.05) is 19.0 Å². The van der Waals surface area contributed by atoms with Crippen LogP contribution in [0.2, 0.25) is 0 Å². The first-order valence-electron chi connectivity index (χ1n) is 5.50. The minimum Gasteiger partial charge on any atom is -0.317 e. The molecule has 4 nitrogen and oxygen atoms in total. The first-order chi connectivity index (χ1) is 6.92. The van der Waals surface area contributed by atoms with Gasteiger partial charge in [-0.1, -0.05) is 6.92 Å². The van der Waals surface area contributed by atoms with E-state index in [0.29, 0.717) is 5.92 Å². The van der Waals surface area contributed by atoms with E-state index in [9.17, 15) is 0 Å². The summed E-state index contributed by atoms with van der Waals surface area (Å²) in [4.78, 5) is 0. The van der Waals surface area contributed by atoms with Crippen molar-refractivity contribution in [1.82, 2.24) is 20.1 Å². The third kappa shape index (κ3) is 3.61. The molecule has 2 heterocycles. The maximum Gasteiger partial charge on any atom is 0.137 e. The zero-order valence-electron chi connectivity index (χ0n) is 9.56. The number of nitrogens with zero attached hydrogens (tertiary/aromatic N) is 3. The molecule has 0 aliphatic carbocycles. The second-order valence-corrected chi connectivity index (χ2v) is 3.93. The smallest absolute Gasteiger partial charge is 0.137 e. The van der Waals surface area contributed by atoms with E-state index in [1.54, 1.807) is 0 Å². The molecule has 16 heavy (non-hydrogen) atoms. The Balaban J connectivity index is 0.00000112. The van der Waals surface area contributed by atoms with Crippen LogP contribution in [-0.4, -0.2) is 27.9 Å². The lowest BCUT2D eigenvalue weighted by molar-refractivity contribution is 0.430.